The molecule has 0 bridgehead atoms. The molecule has 4 nitrogen and oxygen atoms in total. The van der Waals surface area contributed by atoms with E-state index in [2.05, 4.69) is 4.98 Å². The van der Waals surface area contributed by atoms with E-state index in [9.17, 15) is 27.5 Å². The highest BCUT2D eigenvalue weighted by molar-refractivity contribution is 6.30. The molecule has 0 saturated carbocycles. The number of aliphatic hydroxyl groups excluding tert-OH is 1. The summed E-state index contributed by atoms with van der Waals surface area (Å²) in [6.45, 7) is -0.285. The Morgan fingerprint density at radius 3 is 2.56 bits per heavy atom. The molecule has 1 aliphatic heterocycles. The van der Waals surface area contributed by atoms with Gasteiger partial charge in [0.15, 0.2) is 0 Å². The van der Waals surface area contributed by atoms with E-state index in [0.29, 0.717) is 10.7 Å². The number of amides is 1. The second-order valence-corrected chi connectivity index (χ2v) is 5.89. The van der Waals surface area contributed by atoms with Crippen molar-refractivity contribution in [1.82, 2.24) is 4.98 Å². The fraction of sp³-hybridized carbons (Fsp3) is 0.250. The van der Waals surface area contributed by atoms with Crippen LogP contribution in [0.1, 0.15) is 22.9 Å². The highest BCUT2D eigenvalue weighted by atomic mass is 35.5. The molecule has 1 amide bonds. The molecule has 1 atom stereocenters. The van der Waals surface area contributed by atoms with Crippen molar-refractivity contribution in [3.63, 3.8) is 0 Å². The van der Waals surface area contributed by atoms with Crippen molar-refractivity contribution >= 4 is 23.2 Å². The van der Waals surface area contributed by atoms with Crippen LogP contribution in [-0.2, 0) is 17.3 Å². The Labute approximate surface area is 144 Å². The van der Waals surface area contributed by atoms with E-state index >= 15 is 0 Å². The van der Waals surface area contributed by atoms with Gasteiger partial charge in [-0.1, -0.05) is 23.7 Å². The van der Waals surface area contributed by atoms with E-state index in [1.165, 1.54) is 30.5 Å². The predicted octanol–water partition coefficient (Wildman–Crippen LogP) is 3.67. The Morgan fingerprint density at radius 2 is 1.96 bits per heavy atom. The predicted molar refractivity (Wildman–Crippen MR) is 81.7 cm³/mol. The Kier molecular flexibility index (Phi) is 4.42. The first-order valence-electron chi connectivity index (χ1n) is 7.13. The Hall–Kier alpha value is -2.19. The van der Waals surface area contributed by atoms with Crippen molar-refractivity contribution in [3.8, 4) is 0 Å². The number of rotatable bonds is 4. The minimum absolute atomic E-state index is 0.232. The Morgan fingerprint density at radius 1 is 1.24 bits per heavy atom. The van der Waals surface area contributed by atoms with E-state index in [1.54, 1.807) is 0 Å². The molecule has 3 rings (SSSR count). The zero-order valence-corrected chi connectivity index (χ0v) is 13.2. The van der Waals surface area contributed by atoms with Gasteiger partial charge in [-0.05, 0) is 23.8 Å². The number of hydrogen-bond donors (Lipinski definition) is 1. The van der Waals surface area contributed by atoms with Gasteiger partial charge in [0, 0.05) is 6.20 Å². The van der Waals surface area contributed by atoms with E-state index in [0.717, 1.165) is 11.0 Å². The second-order valence-electron chi connectivity index (χ2n) is 5.45. The van der Waals surface area contributed by atoms with Crippen LogP contribution in [0.5, 0.6) is 0 Å². The van der Waals surface area contributed by atoms with Crippen LogP contribution in [-0.4, -0.2) is 22.4 Å². The van der Waals surface area contributed by atoms with Crippen LogP contribution >= 0.6 is 11.6 Å². The van der Waals surface area contributed by atoms with Crippen molar-refractivity contribution in [3.05, 3.63) is 58.4 Å². The van der Waals surface area contributed by atoms with Crippen molar-refractivity contribution in [2.75, 3.05) is 4.90 Å². The van der Waals surface area contributed by atoms with E-state index < -0.39 is 35.5 Å². The number of carbonyl (C=O) groups is 1. The smallest absolute Gasteiger partial charge is 0.352 e. The van der Waals surface area contributed by atoms with Gasteiger partial charge in [-0.2, -0.15) is 8.78 Å². The Balaban J connectivity index is 2.06. The first-order valence-corrected chi connectivity index (χ1v) is 7.51. The number of fused-ring (bicyclic) bond motifs is 1. The van der Waals surface area contributed by atoms with E-state index in [4.69, 9.17) is 11.6 Å². The quantitative estimate of drug-likeness (QED) is 0.831. The molecular weight excluding hydrogens is 364 g/mol. The number of benzene rings is 1. The molecular formula is C16H11ClF4N2O2. The molecule has 1 aromatic heterocycles. The number of nitrogens with zero attached hydrogens (tertiary/aromatic N) is 2. The van der Waals surface area contributed by atoms with Crippen LogP contribution in [0, 0.1) is 0 Å². The Bertz CT molecular complexity index is 814. The van der Waals surface area contributed by atoms with Crippen LogP contribution < -0.4 is 4.90 Å². The van der Waals surface area contributed by atoms with Crippen molar-refractivity contribution in [1.29, 1.82) is 0 Å². The number of hydrogen-bond acceptors (Lipinski definition) is 3. The molecule has 0 saturated heterocycles. The topological polar surface area (TPSA) is 53.4 Å². The number of aromatic nitrogens is 1. The zero-order valence-electron chi connectivity index (χ0n) is 12.5. The SMILES string of the molecule is O=C1N(Cc2ccc(Cl)cn2)c2cccc(C(O)C(F)F)c2C1(F)F. The molecule has 1 aliphatic rings. The van der Waals surface area contributed by atoms with Gasteiger partial charge in [-0.25, -0.2) is 8.78 Å². The monoisotopic (exact) mass is 374 g/mol. The summed E-state index contributed by atoms with van der Waals surface area (Å²) in [6.07, 6.45) is -4.38. The van der Waals surface area contributed by atoms with Crippen molar-refractivity contribution in [2.24, 2.45) is 0 Å². The van der Waals surface area contributed by atoms with Gasteiger partial charge in [-0.3, -0.25) is 9.78 Å². The number of carbonyl (C=O) groups excluding carboxylic acids is 1. The van der Waals surface area contributed by atoms with Crippen LogP contribution in [0.3, 0.4) is 0 Å². The maximum absolute atomic E-state index is 14.4. The van der Waals surface area contributed by atoms with E-state index in [1.807, 2.05) is 0 Å². The summed E-state index contributed by atoms with van der Waals surface area (Å²) < 4.78 is 54.5. The minimum atomic E-state index is -4.02. The molecule has 0 spiro atoms. The van der Waals surface area contributed by atoms with E-state index in [-0.39, 0.29) is 12.2 Å². The van der Waals surface area contributed by atoms with Crippen LogP contribution in [0.2, 0.25) is 5.02 Å². The molecule has 1 N–H and O–H groups in total. The average Bonchev–Trinajstić information content (AvgIpc) is 2.77. The fourth-order valence-corrected chi connectivity index (χ4v) is 2.82. The third-order valence-corrected chi connectivity index (χ3v) is 4.08. The van der Waals surface area contributed by atoms with Gasteiger partial charge < -0.3 is 10.0 Å². The maximum Gasteiger partial charge on any atom is 0.352 e. The molecule has 132 valence electrons. The van der Waals surface area contributed by atoms with Gasteiger partial charge in [-0.15, -0.1) is 0 Å². The molecule has 9 heteroatoms. The molecule has 2 aromatic rings. The minimum Gasteiger partial charge on any atom is -0.382 e. The summed E-state index contributed by atoms with van der Waals surface area (Å²) in [5.74, 6) is -5.58. The molecule has 2 heterocycles. The lowest BCUT2D eigenvalue weighted by Crippen LogP contribution is -2.34. The normalized spacial score (nSPS) is 17.1. The van der Waals surface area contributed by atoms with Gasteiger partial charge >= 0.3 is 11.8 Å². The molecule has 0 fully saturated rings. The summed E-state index contributed by atoms with van der Waals surface area (Å²) in [5.41, 5.74) is -1.51. The first kappa shape index (κ1) is 17.6. The van der Waals surface area contributed by atoms with Crippen molar-refractivity contribution in [2.45, 2.75) is 25.0 Å². The highest BCUT2D eigenvalue weighted by Gasteiger charge is 2.55. The third-order valence-electron chi connectivity index (χ3n) is 3.86. The van der Waals surface area contributed by atoms with Crippen LogP contribution in [0.25, 0.3) is 0 Å². The van der Waals surface area contributed by atoms with Crippen LogP contribution in [0.4, 0.5) is 23.2 Å². The zero-order chi connectivity index (χ0) is 18.4. The number of alkyl halides is 4. The number of aliphatic hydroxyl groups is 1. The highest BCUT2D eigenvalue weighted by Crippen LogP contribution is 2.48. The number of halogens is 5. The standard InChI is InChI=1S/C16H11ClF4N2O2/c17-8-4-5-9(22-6-8)7-23-11-3-1-2-10(13(24)14(18)19)12(11)16(20,21)15(23)25/h1-6,13-14,24H,7H2. The maximum atomic E-state index is 14.4. The number of anilines is 1. The average molecular weight is 375 g/mol. The lowest BCUT2D eigenvalue weighted by Gasteiger charge is -2.17. The van der Waals surface area contributed by atoms with Gasteiger partial charge in [0.25, 0.3) is 6.43 Å². The van der Waals surface area contributed by atoms with Gasteiger partial charge in [0.2, 0.25) is 0 Å². The van der Waals surface area contributed by atoms with Gasteiger partial charge in [0.1, 0.15) is 6.10 Å². The molecule has 1 aromatic carbocycles. The lowest BCUT2D eigenvalue weighted by atomic mass is 9.98. The molecule has 1 unspecified atom stereocenters. The summed E-state index contributed by atoms with van der Waals surface area (Å²) >= 11 is 5.71. The molecule has 25 heavy (non-hydrogen) atoms. The third kappa shape index (κ3) is 2.96. The summed E-state index contributed by atoms with van der Waals surface area (Å²) in [6, 6.07) is 6.35. The summed E-state index contributed by atoms with van der Waals surface area (Å²) in [5, 5.41) is 9.88. The fourth-order valence-electron chi connectivity index (χ4n) is 2.71. The van der Waals surface area contributed by atoms with Crippen molar-refractivity contribution < 1.29 is 27.5 Å². The molecule has 0 radical (unpaired) electrons. The van der Waals surface area contributed by atoms with Crippen LogP contribution in [0.15, 0.2) is 36.5 Å². The largest absolute Gasteiger partial charge is 0.382 e. The lowest BCUT2D eigenvalue weighted by molar-refractivity contribution is -0.142. The number of pyridine rings is 1. The second kappa shape index (κ2) is 6.27. The summed E-state index contributed by atoms with van der Waals surface area (Å²) in [4.78, 5) is 16.9. The summed E-state index contributed by atoms with van der Waals surface area (Å²) in [7, 11) is 0. The molecule has 0 aliphatic carbocycles. The first-order chi connectivity index (χ1) is 11.7. The van der Waals surface area contributed by atoms with Gasteiger partial charge in [0.05, 0.1) is 28.5 Å².